The summed E-state index contributed by atoms with van der Waals surface area (Å²) < 4.78 is 0. The number of hydrogen-bond acceptors (Lipinski definition) is 2. The first-order valence-electron chi connectivity index (χ1n) is 7.98. The van der Waals surface area contributed by atoms with E-state index in [4.69, 9.17) is 0 Å². The van der Waals surface area contributed by atoms with Crippen molar-refractivity contribution in [2.45, 2.75) is 25.8 Å². The highest BCUT2D eigenvalue weighted by Crippen LogP contribution is 2.47. The molecule has 0 bridgehead atoms. The minimum absolute atomic E-state index is 0.121. The van der Waals surface area contributed by atoms with Crippen molar-refractivity contribution < 1.29 is 4.79 Å². The van der Waals surface area contributed by atoms with Crippen molar-refractivity contribution in [3.63, 3.8) is 0 Å². The lowest BCUT2D eigenvalue weighted by atomic mass is 10.1. The number of nitrogens with one attached hydrogen (secondary N) is 2. The molecule has 2 aromatic carbocycles. The first kappa shape index (κ1) is 14.0. The summed E-state index contributed by atoms with van der Waals surface area (Å²) in [7, 11) is 0. The third kappa shape index (κ3) is 2.84. The van der Waals surface area contributed by atoms with Crippen LogP contribution in [-0.2, 0) is 11.3 Å². The molecule has 2 N–H and O–H groups in total. The number of nitrogens with zero attached hydrogens (tertiary/aromatic N) is 1. The van der Waals surface area contributed by atoms with Crippen LogP contribution in [0.2, 0.25) is 0 Å². The summed E-state index contributed by atoms with van der Waals surface area (Å²) in [6, 6.07) is 16.3. The van der Waals surface area contributed by atoms with E-state index in [1.54, 1.807) is 0 Å². The number of fused-ring (bicyclic) bond motifs is 1. The molecule has 1 aliphatic rings. The van der Waals surface area contributed by atoms with Crippen molar-refractivity contribution in [1.29, 1.82) is 0 Å². The zero-order valence-corrected chi connectivity index (χ0v) is 13.0. The number of amides is 1. The van der Waals surface area contributed by atoms with E-state index in [1.165, 1.54) is 5.56 Å². The van der Waals surface area contributed by atoms with Crippen LogP contribution in [0, 0.1) is 12.8 Å². The number of carbonyl (C=O) groups is 1. The van der Waals surface area contributed by atoms with Crippen LogP contribution in [0.1, 0.15) is 29.3 Å². The molecular formula is C19H19N3O. The molecule has 0 radical (unpaired) electrons. The van der Waals surface area contributed by atoms with Crippen molar-refractivity contribution in [2.75, 3.05) is 0 Å². The summed E-state index contributed by atoms with van der Waals surface area (Å²) in [4.78, 5) is 19.9. The van der Waals surface area contributed by atoms with Crippen LogP contribution < -0.4 is 5.32 Å². The van der Waals surface area contributed by atoms with Gasteiger partial charge in [0.15, 0.2) is 0 Å². The van der Waals surface area contributed by atoms with E-state index < -0.39 is 0 Å². The van der Waals surface area contributed by atoms with Gasteiger partial charge in [0.25, 0.3) is 0 Å². The van der Waals surface area contributed by atoms with Crippen LogP contribution in [0.4, 0.5) is 0 Å². The number of aromatic amines is 1. The number of imidazole rings is 1. The number of H-pyrrole nitrogens is 1. The summed E-state index contributed by atoms with van der Waals surface area (Å²) in [5.41, 5.74) is 4.33. The topological polar surface area (TPSA) is 57.8 Å². The molecule has 3 aromatic rings. The molecule has 2 unspecified atom stereocenters. The number of aryl methyl sites for hydroxylation is 1. The molecule has 116 valence electrons. The molecular weight excluding hydrogens is 286 g/mol. The summed E-state index contributed by atoms with van der Waals surface area (Å²) in [6.45, 7) is 2.50. The lowest BCUT2D eigenvalue weighted by Crippen LogP contribution is -2.24. The van der Waals surface area contributed by atoms with Crippen molar-refractivity contribution >= 4 is 16.9 Å². The second-order valence-corrected chi connectivity index (χ2v) is 6.25. The number of aromatic nitrogens is 2. The Kier molecular flexibility index (Phi) is 3.37. The highest BCUT2D eigenvalue weighted by Gasteiger charge is 2.43. The van der Waals surface area contributed by atoms with E-state index in [0.29, 0.717) is 12.5 Å². The van der Waals surface area contributed by atoms with Gasteiger partial charge in [-0.15, -0.1) is 0 Å². The minimum Gasteiger partial charge on any atom is -0.352 e. The van der Waals surface area contributed by atoms with Crippen molar-refractivity contribution in [1.82, 2.24) is 15.3 Å². The Hall–Kier alpha value is -2.62. The van der Waals surface area contributed by atoms with Gasteiger partial charge in [-0.3, -0.25) is 4.79 Å². The Morgan fingerprint density at radius 1 is 1.26 bits per heavy atom. The van der Waals surface area contributed by atoms with Crippen LogP contribution >= 0.6 is 0 Å². The molecule has 1 aromatic heterocycles. The average molecular weight is 305 g/mol. The van der Waals surface area contributed by atoms with Crippen LogP contribution in [0.5, 0.6) is 0 Å². The quantitative estimate of drug-likeness (QED) is 0.777. The number of benzene rings is 2. The number of hydrogen-bond donors (Lipinski definition) is 2. The SMILES string of the molecule is Cc1nc2ccc(CNC(=O)C3CC3c3ccccc3)cc2[nH]1. The predicted molar refractivity (Wildman–Crippen MR) is 90.0 cm³/mol. The van der Waals surface area contributed by atoms with E-state index in [2.05, 4.69) is 33.5 Å². The van der Waals surface area contributed by atoms with Gasteiger partial charge in [0.05, 0.1) is 11.0 Å². The summed E-state index contributed by atoms with van der Waals surface area (Å²) in [5, 5.41) is 3.06. The molecule has 0 aliphatic heterocycles. The second kappa shape index (κ2) is 5.54. The van der Waals surface area contributed by atoms with Crippen molar-refractivity contribution in [3.8, 4) is 0 Å². The second-order valence-electron chi connectivity index (χ2n) is 6.25. The van der Waals surface area contributed by atoms with Crippen LogP contribution in [0.3, 0.4) is 0 Å². The third-order valence-electron chi connectivity index (χ3n) is 4.49. The van der Waals surface area contributed by atoms with Crippen molar-refractivity contribution in [3.05, 3.63) is 65.5 Å². The molecule has 4 heteroatoms. The molecule has 0 saturated heterocycles. The van der Waals surface area contributed by atoms with Crippen molar-refractivity contribution in [2.24, 2.45) is 5.92 Å². The smallest absolute Gasteiger partial charge is 0.224 e. The van der Waals surface area contributed by atoms with Gasteiger partial charge in [0.1, 0.15) is 5.82 Å². The maximum Gasteiger partial charge on any atom is 0.224 e. The molecule has 1 aliphatic carbocycles. The van der Waals surface area contributed by atoms with Gasteiger partial charge in [0.2, 0.25) is 5.91 Å². The Bertz CT molecular complexity index is 853. The maximum atomic E-state index is 12.3. The minimum atomic E-state index is 0.121. The molecule has 23 heavy (non-hydrogen) atoms. The van der Waals surface area contributed by atoms with E-state index in [-0.39, 0.29) is 11.8 Å². The van der Waals surface area contributed by atoms with Gasteiger partial charge in [0, 0.05) is 12.5 Å². The Labute approximate surface area is 134 Å². The normalized spacial score (nSPS) is 19.7. The molecule has 1 saturated carbocycles. The average Bonchev–Trinajstić information content (AvgIpc) is 3.28. The molecule has 1 heterocycles. The van der Waals surface area contributed by atoms with E-state index in [1.807, 2.05) is 37.3 Å². The first-order valence-corrected chi connectivity index (χ1v) is 7.98. The van der Waals surface area contributed by atoms with Gasteiger partial charge in [-0.25, -0.2) is 4.98 Å². The summed E-state index contributed by atoms with van der Waals surface area (Å²) in [6.07, 6.45) is 0.953. The Morgan fingerprint density at radius 2 is 2.09 bits per heavy atom. The summed E-state index contributed by atoms with van der Waals surface area (Å²) in [5.74, 6) is 1.56. The third-order valence-corrected chi connectivity index (χ3v) is 4.49. The highest BCUT2D eigenvalue weighted by atomic mass is 16.2. The van der Waals surface area contributed by atoms with E-state index >= 15 is 0 Å². The van der Waals surface area contributed by atoms with E-state index in [0.717, 1.165) is 28.8 Å². The Balaban J connectivity index is 1.38. The predicted octanol–water partition coefficient (Wildman–Crippen LogP) is 3.29. The first-order chi connectivity index (χ1) is 11.2. The fraction of sp³-hybridized carbons (Fsp3) is 0.263. The van der Waals surface area contributed by atoms with Crippen LogP contribution in [0.15, 0.2) is 48.5 Å². The number of rotatable bonds is 4. The monoisotopic (exact) mass is 305 g/mol. The molecule has 4 rings (SSSR count). The van der Waals surface area contributed by atoms with Crippen LogP contribution in [0.25, 0.3) is 11.0 Å². The fourth-order valence-corrected chi connectivity index (χ4v) is 3.17. The Morgan fingerprint density at radius 3 is 2.91 bits per heavy atom. The maximum absolute atomic E-state index is 12.3. The lowest BCUT2D eigenvalue weighted by Gasteiger charge is -2.05. The van der Waals surface area contributed by atoms with Gasteiger partial charge < -0.3 is 10.3 Å². The fourth-order valence-electron chi connectivity index (χ4n) is 3.17. The zero-order chi connectivity index (χ0) is 15.8. The summed E-state index contributed by atoms with van der Waals surface area (Å²) >= 11 is 0. The highest BCUT2D eigenvalue weighted by molar-refractivity contribution is 5.83. The molecule has 0 spiro atoms. The zero-order valence-electron chi connectivity index (χ0n) is 13.0. The van der Waals surface area contributed by atoms with Gasteiger partial charge in [-0.1, -0.05) is 36.4 Å². The molecule has 1 amide bonds. The molecule has 1 fully saturated rings. The van der Waals surface area contributed by atoms with E-state index in [9.17, 15) is 4.79 Å². The standard InChI is InChI=1S/C19H19N3O/c1-12-21-17-8-7-13(9-18(17)22-12)11-20-19(23)16-10-15(16)14-5-3-2-4-6-14/h2-9,15-16H,10-11H2,1H3,(H,20,23)(H,21,22). The molecule has 2 atom stereocenters. The largest absolute Gasteiger partial charge is 0.352 e. The van der Waals surface area contributed by atoms with Crippen LogP contribution in [-0.4, -0.2) is 15.9 Å². The molecule has 4 nitrogen and oxygen atoms in total. The van der Waals surface area contributed by atoms with Gasteiger partial charge in [-0.2, -0.15) is 0 Å². The lowest BCUT2D eigenvalue weighted by molar-refractivity contribution is -0.122. The number of carbonyl (C=O) groups excluding carboxylic acids is 1. The van der Waals surface area contributed by atoms with Gasteiger partial charge >= 0.3 is 0 Å². The van der Waals surface area contributed by atoms with Gasteiger partial charge in [-0.05, 0) is 42.5 Å².